The molecule has 6 rings (SSSR count). The van der Waals surface area contributed by atoms with Gasteiger partial charge in [0, 0.05) is 42.6 Å². The second-order valence-electron chi connectivity index (χ2n) is 9.81. The van der Waals surface area contributed by atoms with Gasteiger partial charge in [0.15, 0.2) is 5.78 Å². The van der Waals surface area contributed by atoms with E-state index in [-0.39, 0.29) is 5.78 Å². The number of benzene rings is 3. The molecule has 34 heavy (non-hydrogen) atoms. The van der Waals surface area contributed by atoms with Gasteiger partial charge < -0.3 is 4.74 Å². The summed E-state index contributed by atoms with van der Waals surface area (Å²) in [6, 6.07) is 23.2. The predicted molar refractivity (Wildman–Crippen MR) is 135 cm³/mol. The maximum absolute atomic E-state index is 13.3. The van der Waals surface area contributed by atoms with E-state index < -0.39 is 0 Å². The summed E-state index contributed by atoms with van der Waals surface area (Å²) < 4.78 is 5.66. The predicted octanol–water partition coefficient (Wildman–Crippen LogP) is 5.46. The first-order valence-corrected chi connectivity index (χ1v) is 12.5. The molecule has 1 saturated heterocycles. The SMILES string of the molecule is O=C(CC1CCCN(Cc2ccccc2)C1)c1ccc2c(c1)C(c1ccc3c(c1)CCO3)=NC2. The van der Waals surface area contributed by atoms with Crippen molar-refractivity contribution in [3.8, 4) is 5.75 Å². The lowest BCUT2D eigenvalue weighted by molar-refractivity contribution is 0.0912. The number of ether oxygens (including phenoxy) is 1. The minimum Gasteiger partial charge on any atom is -0.493 e. The van der Waals surface area contributed by atoms with Gasteiger partial charge in [0.25, 0.3) is 0 Å². The van der Waals surface area contributed by atoms with Crippen LogP contribution in [0.2, 0.25) is 0 Å². The van der Waals surface area contributed by atoms with E-state index in [1.807, 2.05) is 6.07 Å². The van der Waals surface area contributed by atoms with Gasteiger partial charge in [-0.2, -0.15) is 0 Å². The van der Waals surface area contributed by atoms with Gasteiger partial charge in [-0.05, 0) is 66.3 Å². The number of carbonyl (C=O) groups excluding carboxylic acids is 1. The van der Waals surface area contributed by atoms with Crippen LogP contribution in [-0.4, -0.2) is 36.1 Å². The van der Waals surface area contributed by atoms with Crippen molar-refractivity contribution in [1.82, 2.24) is 4.90 Å². The summed E-state index contributed by atoms with van der Waals surface area (Å²) in [4.78, 5) is 20.6. The molecule has 172 valence electrons. The molecule has 0 radical (unpaired) electrons. The lowest BCUT2D eigenvalue weighted by Gasteiger charge is -2.32. The third kappa shape index (κ3) is 4.30. The number of likely N-dealkylation sites (tertiary alicyclic amines) is 1. The molecule has 0 N–H and O–H groups in total. The van der Waals surface area contributed by atoms with E-state index in [1.165, 1.54) is 16.7 Å². The molecule has 3 aliphatic rings. The van der Waals surface area contributed by atoms with Crippen LogP contribution in [0, 0.1) is 5.92 Å². The zero-order valence-electron chi connectivity index (χ0n) is 19.5. The molecule has 4 nitrogen and oxygen atoms in total. The Labute approximate surface area is 201 Å². The van der Waals surface area contributed by atoms with Crippen LogP contribution in [0.25, 0.3) is 0 Å². The molecular weight excluding hydrogens is 420 g/mol. The van der Waals surface area contributed by atoms with Crippen LogP contribution in [0.5, 0.6) is 5.75 Å². The van der Waals surface area contributed by atoms with Crippen LogP contribution in [0.3, 0.4) is 0 Å². The van der Waals surface area contributed by atoms with Gasteiger partial charge >= 0.3 is 0 Å². The van der Waals surface area contributed by atoms with E-state index in [0.717, 1.165) is 73.7 Å². The van der Waals surface area contributed by atoms with Gasteiger partial charge in [-0.3, -0.25) is 14.7 Å². The monoisotopic (exact) mass is 450 g/mol. The van der Waals surface area contributed by atoms with Crippen molar-refractivity contribution in [3.05, 3.63) is 100 Å². The molecular formula is C30H30N2O2. The number of carbonyl (C=O) groups is 1. The van der Waals surface area contributed by atoms with Gasteiger partial charge in [-0.15, -0.1) is 0 Å². The number of fused-ring (bicyclic) bond motifs is 2. The van der Waals surface area contributed by atoms with Crippen LogP contribution in [-0.2, 0) is 19.5 Å². The largest absolute Gasteiger partial charge is 0.493 e. The van der Waals surface area contributed by atoms with E-state index in [4.69, 9.17) is 9.73 Å². The Hall–Kier alpha value is -3.24. The summed E-state index contributed by atoms with van der Waals surface area (Å²) in [7, 11) is 0. The van der Waals surface area contributed by atoms with Gasteiger partial charge in [0.05, 0.1) is 18.9 Å². The molecule has 0 aliphatic carbocycles. The Morgan fingerprint density at radius 1 is 1.03 bits per heavy atom. The number of ketones is 1. The highest BCUT2D eigenvalue weighted by atomic mass is 16.5. The van der Waals surface area contributed by atoms with Crippen molar-refractivity contribution in [2.24, 2.45) is 10.9 Å². The zero-order valence-corrected chi connectivity index (χ0v) is 19.5. The van der Waals surface area contributed by atoms with Gasteiger partial charge in [-0.1, -0.05) is 42.5 Å². The van der Waals surface area contributed by atoms with Crippen molar-refractivity contribution >= 4 is 11.5 Å². The smallest absolute Gasteiger partial charge is 0.163 e. The Bertz CT molecular complexity index is 1250. The number of aliphatic imine (C=N–C) groups is 1. The van der Waals surface area contributed by atoms with Crippen molar-refractivity contribution in [1.29, 1.82) is 0 Å². The maximum atomic E-state index is 13.3. The van der Waals surface area contributed by atoms with Crippen LogP contribution >= 0.6 is 0 Å². The summed E-state index contributed by atoms with van der Waals surface area (Å²) in [5, 5.41) is 0. The molecule has 1 unspecified atom stereocenters. The fourth-order valence-corrected chi connectivity index (χ4v) is 5.62. The molecule has 3 aliphatic heterocycles. The number of rotatable bonds is 6. The molecule has 0 spiro atoms. The molecule has 3 heterocycles. The van der Waals surface area contributed by atoms with Crippen molar-refractivity contribution in [2.45, 2.75) is 38.8 Å². The lowest BCUT2D eigenvalue weighted by Crippen LogP contribution is -2.35. The van der Waals surface area contributed by atoms with Crippen LogP contribution in [0.15, 0.2) is 71.7 Å². The number of nitrogens with zero attached hydrogens (tertiary/aromatic N) is 2. The average Bonchev–Trinajstić information content (AvgIpc) is 3.51. The molecule has 0 amide bonds. The van der Waals surface area contributed by atoms with Gasteiger partial charge in [0.1, 0.15) is 5.75 Å². The summed E-state index contributed by atoms with van der Waals surface area (Å²) >= 11 is 0. The summed E-state index contributed by atoms with van der Waals surface area (Å²) in [5.41, 5.74) is 7.85. The normalized spacial score (nSPS) is 19.3. The first-order valence-electron chi connectivity index (χ1n) is 12.5. The second-order valence-corrected chi connectivity index (χ2v) is 9.81. The number of hydrogen-bond donors (Lipinski definition) is 0. The number of Topliss-reactive ketones (excluding diaryl/α,β-unsaturated/α-hetero) is 1. The zero-order chi connectivity index (χ0) is 22.9. The summed E-state index contributed by atoms with van der Waals surface area (Å²) in [6.07, 6.45) is 3.86. The minimum absolute atomic E-state index is 0.253. The quantitative estimate of drug-likeness (QED) is 0.469. The van der Waals surface area contributed by atoms with Crippen molar-refractivity contribution in [2.75, 3.05) is 19.7 Å². The summed E-state index contributed by atoms with van der Waals surface area (Å²) in [5.74, 6) is 1.66. The van der Waals surface area contributed by atoms with Crippen molar-refractivity contribution in [3.63, 3.8) is 0 Å². The number of hydrogen-bond acceptors (Lipinski definition) is 4. The molecule has 4 heteroatoms. The Morgan fingerprint density at radius 3 is 2.85 bits per heavy atom. The Morgan fingerprint density at radius 2 is 1.94 bits per heavy atom. The standard InChI is InChI=1S/C30H30N2O2/c33-28(15-22-7-4-13-32(20-22)19-21-5-2-1-3-6-21)23-8-9-26-18-31-30(27(26)17-23)25-10-11-29-24(16-25)12-14-34-29/h1-3,5-6,8-11,16-17,22H,4,7,12-15,18-20H2. The van der Waals surface area contributed by atoms with E-state index in [9.17, 15) is 4.79 Å². The second kappa shape index (κ2) is 9.19. The Kier molecular flexibility index (Phi) is 5.76. The van der Waals surface area contributed by atoms with E-state index in [1.54, 1.807) is 0 Å². The van der Waals surface area contributed by atoms with E-state index >= 15 is 0 Å². The third-order valence-electron chi connectivity index (χ3n) is 7.38. The minimum atomic E-state index is 0.253. The average molecular weight is 451 g/mol. The highest BCUT2D eigenvalue weighted by Crippen LogP contribution is 2.31. The topological polar surface area (TPSA) is 41.9 Å². The van der Waals surface area contributed by atoms with E-state index in [0.29, 0.717) is 18.9 Å². The third-order valence-corrected chi connectivity index (χ3v) is 7.38. The van der Waals surface area contributed by atoms with E-state index in [2.05, 4.69) is 65.6 Å². The fraction of sp³-hybridized carbons (Fsp3) is 0.333. The molecule has 1 fully saturated rings. The fourth-order valence-electron chi connectivity index (χ4n) is 5.62. The summed E-state index contributed by atoms with van der Waals surface area (Å²) in [6.45, 7) is 4.52. The highest BCUT2D eigenvalue weighted by Gasteiger charge is 2.25. The van der Waals surface area contributed by atoms with Gasteiger partial charge in [0.2, 0.25) is 0 Å². The highest BCUT2D eigenvalue weighted by molar-refractivity contribution is 6.16. The first-order chi connectivity index (χ1) is 16.7. The van der Waals surface area contributed by atoms with Gasteiger partial charge in [-0.25, -0.2) is 0 Å². The van der Waals surface area contributed by atoms with Crippen molar-refractivity contribution < 1.29 is 9.53 Å². The Balaban J connectivity index is 1.15. The molecule has 0 saturated carbocycles. The first kappa shape index (κ1) is 21.3. The van der Waals surface area contributed by atoms with Crippen LogP contribution < -0.4 is 4.74 Å². The maximum Gasteiger partial charge on any atom is 0.163 e. The van der Waals surface area contributed by atoms with Crippen LogP contribution in [0.4, 0.5) is 0 Å². The molecule has 0 aromatic heterocycles. The molecule has 0 bridgehead atoms. The molecule has 1 atom stereocenters. The van der Waals surface area contributed by atoms with Crippen LogP contribution in [0.1, 0.15) is 57.4 Å². The lowest BCUT2D eigenvalue weighted by atomic mass is 9.89. The molecule has 3 aromatic carbocycles. The number of piperidine rings is 1. The molecule has 3 aromatic rings.